The highest BCUT2D eigenvalue weighted by Crippen LogP contribution is 2.44. The van der Waals surface area contributed by atoms with E-state index in [1.54, 1.807) is 6.92 Å². The summed E-state index contributed by atoms with van der Waals surface area (Å²) in [5, 5.41) is 6.59. The van der Waals surface area contributed by atoms with Gasteiger partial charge in [0.25, 0.3) is 0 Å². The van der Waals surface area contributed by atoms with Gasteiger partial charge in [0, 0.05) is 25.6 Å². The van der Waals surface area contributed by atoms with Gasteiger partial charge in [-0.2, -0.15) is 18.2 Å². The van der Waals surface area contributed by atoms with E-state index in [4.69, 9.17) is 19.2 Å². The van der Waals surface area contributed by atoms with E-state index in [9.17, 15) is 13.2 Å². The van der Waals surface area contributed by atoms with Gasteiger partial charge in [0.15, 0.2) is 5.79 Å². The first-order chi connectivity index (χ1) is 19.0. The molecular weight excluding hydrogens is 545 g/mol. The fourth-order valence-corrected chi connectivity index (χ4v) is 6.93. The normalized spacial score (nSPS) is 26.8. The second-order valence-electron chi connectivity index (χ2n) is 11.0. The summed E-state index contributed by atoms with van der Waals surface area (Å²) < 4.78 is 58.3. The molecule has 3 aliphatic rings. The van der Waals surface area contributed by atoms with Crippen LogP contribution in [-0.2, 0) is 14.2 Å². The lowest BCUT2D eigenvalue weighted by Gasteiger charge is -2.31. The number of nitrogens with one attached hydrogen (secondary N) is 2. The molecule has 4 heterocycles. The van der Waals surface area contributed by atoms with E-state index in [-0.39, 0.29) is 30.1 Å². The summed E-state index contributed by atoms with van der Waals surface area (Å²) in [4.78, 5) is 16.1. The summed E-state index contributed by atoms with van der Waals surface area (Å²) >= 11 is 1.50. The standard InChI is InChI=1S/C27H33F3N6O3S/c1-15-20(24-34-17-6-4-5-7-19(17)40-24)23(35-25(32-15)31-14-27(28,29)30)33-18-12-16(13-36-8-10-37-11-9-36)21-22(18)39-26(2,3)38-21/h4-7,16,18,21-22H,8-14H2,1-3H3,(H2,31,32,33,35). The Morgan fingerprint density at radius 2 is 1.82 bits per heavy atom. The molecule has 6 rings (SSSR count). The summed E-state index contributed by atoms with van der Waals surface area (Å²) in [6.45, 7) is 8.39. The molecule has 1 saturated carbocycles. The van der Waals surface area contributed by atoms with Crippen LogP contribution in [0.3, 0.4) is 0 Å². The van der Waals surface area contributed by atoms with Crippen molar-refractivity contribution in [3.05, 3.63) is 30.0 Å². The van der Waals surface area contributed by atoms with Crippen molar-refractivity contribution in [2.24, 2.45) is 5.92 Å². The van der Waals surface area contributed by atoms with Crippen LogP contribution in [-0.4, -0.2) is 89.5 Å². The molecule has 3 fully saturated rings. The summed E-state index contributed by atoms with van der Waals surface area (Å²) in [5.74, 6) is -0.194. The maximum atomic E-state index is 13.0. The molecule has 2 saturated heterocycles. The van der Waals surface area contributed by atoms with Gasteiger partial charge in [0.05, 0.1) is 46.8 Å². The molecule has 2 N–H and O–H groups in total. The van der Waals surface area contributed by atoms with Crippen molar-refractivity contribution < 1.29 is 27.4 Å². The molecule has 2 aliphatic heterocycles. The van der Waals surface area contributed by atoms with Gasteiger partial charge in [-0.05, 0) is 39.3 Å². The lowest BCUT2D eigenvalue weighted by Crippen LogP contribution is -2.41. The van der Waals surface area contributed by atoms with Crippen LogP contribution < -0.4 is 10.6 Å². The highest BCUT2D eigenvalue weighted by atomic mass is 32.1. The molecule has 4 atom stereocenters. The van der Waals surface area contributed by atoms with Crippen molar-refractivity contribution in [1.29, 1.82) is 0 Å². The molecule has 2 aromatic heterocycles. The molecule has 0 spiro atoms. The van der Waals surface area contributed by atoms with Gasteiger partial charge in [-0.3, -0.25) is 4.90 Å². The van der Waals surface area contributed by atoms with Gasteiger partial charge in [-0.15, -0.1) is 11.3 Å². The minimum absolute atomic E-state index is 0.0921. The van der Waals surface area contributed by atoms with Gasteiger partial charge in [-0.1, -0.05) is 12.1 Å². The number of aromatic nitrogens is 3. The van der Waals surface area contributed by atoms with Crippen molar-refractivity contribution in [2.45, 2.75) is 57.4 Å². The average molecular weight is 579 g/mol. The number of hydrogen-bond donors (Lipinski definition) is 2. The highest BCUT2D eigenvalue weighted by molar-refractivity contribution is 7.21. The van der Waals surface area contributed by atoms with Crippen LogP contribution in [0.25, 0.3) is 20.8 Å². The molecule has 1 aromatic carbocycles. The van der Waals surface area contributed by atoms with E-state index in [2.05, 4.69) is 25.5 Å². The van der Waals surface area contributed by atoms with Crippen molar-refractivity contribution in [3.8, 4) is 10.6 Å². The van der Waals surface area contributed by atoms with Crippen LogP contribution in [0, 0.1) is 12.8 Å². The number of thiazole rings is 1. The number of alkyl halides is 3. The van der Waals surface area contributed by atoms with Gasteiger partial charge >= 0.3 is 6.18 Å². The van der Waals surface area contributed by atoms with Crippen LogP contribution in [0.15, 0.2) is 24.3 Å². The molecule has 13 heteroatoms. The molecule has 40 heavy (non-hydrogen) atoms. The molecular formula is C27H33F3N6O3S. The number of para-hydroxylation sites is 1. The Morgan fingerprint density at radius 3 is 2.58 bits per heavy atom. The summed E-state index contributed by atoms with van der Waals surface area (Å²) in [7, 11) is 0. The number of aryl methyl sites for hydroxylation is 1. The van der Waals surface area contributed by atoms with Crippen LogP contribution in [0.2, 0.25) is 0 Å². The number of halogens is 3. The van der Waals surface area contributed by atoms with E-state index in [0.29, 0.717) is 35.3 Å². The van der Waals surface area contributed by atoms with E-state index in [1.807, 2.05) is 38.1 Å². The highest BCUT2D eigenvalue weighted by Gasteiger charge is 2.54. The minimum Gasteiger partial charge on any atom is -0.379 e. The van der Waals surface area contributed by atoms with Crippen LogP contribution in [0.1, 0.15) is 26.0 Å². The first-order valence-electron chi connectivity index (χ1n) is 13.5. The van der Waals surface area contributed by atoms with Crippen molar-refractivity contribution in [2.75, 3.05) is 50.0 Å². The second kappa shape index (κ2) is 10.7. The van der Waals surface area contributed by atoms with E-state index >= 15 is 0 Å². The zero-order valence-corrected chi connectivity index (χ0v) is 23.4. The number of ether oxygens (including phenoxy) is 3. The smallest absolute Gasteiger partial charge is 0.379 e. The SMILES string of the molecule is Cc1nc(NCC(F)(F)F)nc(NC2CC(CN3CCOCC3)C3OC(C)(C)OC23)c1-c1nc2ccccc2s1. The summed E-state index contributed by atoms with van der Waals surface area (Å²) in [6.07, 6.45) is -4.00. The van der Waals surface area contributed by atoms with Crippen LogP contribution in [0.5, 0.6) is 0 Å². The minimum atomic E-state index is -4.40. The van der Waals surface area contributed by atoms with Gasteiger partial charge in [0.2, 0.25) is 5.95 Å². The molecule has 3 aromatic rings. The molecule has 9 nitrogen and oxygen atoms in total. The average Bonchev–Trinajstić information content (AvgIpc) is 3.54. The Balaban J connectivity index is 1.33. The topological polar surface area (TPSA) is 93.7 Å². The molecule has 216 valence electrons. The number of nitrogens with zero attached hydrogens (tertiary/aromatic N) is 4. The third-order valence-electron chi connectivity index (χ3n) is 7.54. The van der Waals surface area contributed by atoms with E-state index < -0.39 is 18.5 Å². The van der Waals surface area contributed by atoms with Gasteiger partial charge < -0.3 is 24.8 Å². The molecule has 0 bridgehead atoms. The Bertz CT molecular complexity index is 1330. The number of benzene rings is 1. The van der Waals surface area contributed by atoms with Gasteiger partial charge in [0.1, 0.15) is 23.5 Å². The summed E-state index contributed by atoms with van der Waals surface area (Å²) in [6, 6.07) is 7.62. The lowest BCUT2D eigenvalue weighted by molar-refractivity contribution is -0.158. The van der Waals surface area contributed by atoms with Crippen LogP contribution in [0.4, 0.5) is 24.9 Å². The first-order valence-corrected chi connectivity index (χ1v) is 14.3. The molecule has 4 unspecified atom stereocenters. The molecule has 0 radical (unpaired) electrons. The predicted molar refractivity (Wildman–Crippen MR) is 147 cm³/mol. The largest absolute Gasteiger partial charge is 0.405 e. The number of anilines is 2. The Morgan fingerprint density at radius 1 is 1.07 bits per heavy atom. The van der Waals surface area contributed by atoms with E-state index in [0.717, 1.165) is 36.3 Å². The number of morpholine rings is 1. The van der Waals surface area contributed by atoms with Crippen LogP contribution >= 0.6 is 11.3 Å². The second-order valence-corrected chi connectivity index (χ2v) is 12.1. The van der Waals surface area contributed by atoms with Crippen molar-refractivity contribution in [3.63, 3.8) is 0 Å². The van der Waals surface area contributed by atoms with Crippen molar-refractivity contribution >= 4 is 33.3 Å². The maximum Gasteiger partial charge on any atom is 0.405 e. The van der Waals surface area contributed by atoms with Gasteiger partial charge in [-0.25, -0.2) is 9.97 Å². The monoisotopic (exact) mass is 578 g/mol. The lowest BCUT2D eigenvalue weighted by atomic mass is 10.0. The fourth-order valence-electron chi connectivity index (χ4n) is 5.87. The third-order valence-corrected chi connectivity index (χ3v) is 8.60. The number of hydrogen-bond acceptors (Lipinski definition) is 10. The zero-order valence-electron chi connectivity index (χ0n) is 22.6. The molecule has 0 amide bonds. The summed E-state index contributed by atoms with van der Waals surface area (Å²) in [5.41, 5.74) is 2.04. The zero-order chi connectivity index (χ0) is 28.1. The fraction of sp³-hybridized carbons (Fsp3) is 0.593. The number of fused-ring (bicyclic) bond motifs is 2. The predicted octanol–water partition coefficient (Wildman–Crippen LogP) is 4.69. The Labute approximate surface area is 234 Å². The Hall–Kier alpha value is -2.58. The third kappa shape index (κ3) is 5.89. The quantitative estimate of drug-likeness (QED) is 0.414. The maximum absolute atomic E-state index is 13.0. The Kier molecular flexibility index (Phi) is 7.36. The number of rotatable bonds is 7. The molecule has 1 aliphatic carbocycles. The van der Waals surface area contributed by atoms with Crippen molar-refractivity contribution in [1.82, 2.24) is 19.9 Å². The first kappa shape index (κ1) is 27.6. The van der Waals surface area contributed by atoms with E-state index in [1.165, 1.54) is 11.3 Å².